The summed E-state index contributed by atoms with van der Waals surface area (Å²) in [5.41, 5.74) is 5.50. The third-order valence-corrected chi connectivity index (χ3v) is 3.01. The lowest BCUT2D eigenvalue weighted by molar-refractivity contribution is -0.124. The van der Waals surface area contributed by atoms with Crippen molar-refractivity contribution in [3.63, 3.8) is 0 Å². The molecule has 1 unspecified atom stereocenters. The van der Waals surface area contributed by atoms with Gasteiger partial charge in [0.25, 0.3) is 0 Å². The molecule has 0 aromatic rings. The van der Waals surface area contributed by atoms with Gasteiger partial charge >= 0.3 is 0 Å². The van der Waals surface area contributed by atoms with Gasteiger partial charge in [-0.15, -0.1) is 0 Å². The molecule has 0 spiro atoms. The maximum absolute atomic E-state index is 11.7. The molecule has 1 atom stereocenters. The van der Waals surface area contributed by atoms with Gasteiger partial charge in [0, 0.05) is 12.3 Å². The van der Waals surface area contributed by atoms with Gasteiger partial charge in [-0.3, -0.25) is 4.79 Å². The van der Waals surface area contributed by atoms with Crippen LogP contribution in [0.2, 0.25) is 0 Å². The minimum Gasteiger partial charge on any atom is -0.330 e. The predicted octanol–water partition coefficient (Wildman–Crippen LogP) is 2.12. The maximum Gasteiger partial charge on any atom is 0.136 e. The molecule has 2 N–H and O–H groups in total. The van der Waals surface area contributed by atoms with Gasteiger partial charge in [0.1, 0.15) is 5.78 Å². The van der Waals surface area contributed by atoms with E-state index in [9.17, 15) is 4.79 Å². The second-order valence-corrected chi connectivity index (χ2v) is 4.35. The van der Waals surface area contributed by atoms with E-state index in [0.717, 1.165) is 12.8 Å². The standard InChI is InChI=1S/C11H21NO/c1-9(8-12)7-11(13)10-5-3-2-4-6-10/h9-10H,2-8,12H2,1H3. The average molecular weight is 183 g/mol. The number of ketones is 1. The van der Waals surface area contributed by atoms with Crippen LogP contribution < -0.4 is 5.73 Å². The van der Waals surface area contributed by atoms with Crippen molar-refractivity contribution in [2.45, 2.75) is 45.4 Å². The first-order valence-corrected chi connectivity index (χ1v) is 5.46. The van der Waals surface area contributed by atoms with Crippen molar-refractivity contribution in [2.75, 3.05) is 6.54 Å². The molecule has 0 radical (unpaired) electrons. The van der Waals surface area contributed by atoms with E-state index >= 15 is 0 Å². The monoisotopic (exact) mass is 183 g/mol. The van der Waals surface area contributed by atoms with Crippen molar-refractivity contribution < 1.29 is 4.79 Å². The van der Waals surface area contributed by atoms with E-state index in [-0.39, 0.29) is 0 Å². The highest BCUT2D eigenvalue weighted by atomic mass is 16.1. The molecule has 2 nitrogen and oxygen atoms in total. The van der Waals surface area contributed by atoms with Gasteiger partial charge in [-0.05, 0) is 25.3 Å². The quantitative estimate of drug-likeness (QED) is 0.725. The zero-order valence-corrected chi connectivity index (χ0v) is 8.59. The second-order valence-electron chi connectivity index (χ2n) is 4.35. The van der Waals surface area contributed by atoms with Crippen molar-refractivity contribution in [3.05, 3.63) is 0 Å². The van der Waals surface area contributed by atoms with Crippen molar-refractivity contribution in [1.29, 1.82) is 0 Å². The normalized spacial score (nSPS) is 21.4. The number of hydrogen-bond donors (Lipinski definition) is 1. The molecule has 13 heavy (non-hydrogen) atoms. The van der Waals surface area contributed by atoms with Crippen molar-refractivity contribution in [2.24, 2.45) is 17.6 Å². The van der Waals surface area contributed by atoms with Crippen LogP contribution in [0, 0.1) is 11.8 Å². The van der Waals surface area contributed by atoms with Gasteiger partial charge < -0.3 is 5.73 Å². The van der Waals surface area contributed by atoms with Gasteiger partial charge in [-0.1, -0.05) is 26.2 Å². The molecule has 1 rings (SSSR count). The Balaban J connectivity index is 2.29. The van der Waals surface area contributed by atoms with Gasteiger partial charge in [0.2, 0.25) is 0 Å². The summed E-state index contributed by atoms with van der Waals surface area (Å²) >= 11 is 0. The average Bonchev–Trinajstić information content (AvgIpc) is 2.19. The highest BCUT2D eigenvalue weighted by Gasteiger charge is 2.21. The Hall–Kier alpha value is -0.370. The minimum atomic E-state index is 0.364. The Labute approximate surface area is 80.9 Å². The summed E-state index contributed by atoms with van der Waals surface area (Å²) in [6, 6.07) is 0. The third-order valence-electron chi connectivity index (χ3n) is 3.01. The SMILES string of the molecule is CC(CN)CC(=O)C1CCCCC1. The minimum absolute atomic E-state index is 0.364. The molecule has 0 aromatic carbocycles. The first kappa shape index (κ1) is 10.7. The first-order chi connectivity index (χ1) is 6.24. The molecule has 1 fully saturated rings. The van der Waals surface area contributed by atoms with Crippen LogP contribution in [0.15, 0.2) is 0 Å². The number of carbonyl (C=O) groups excluding carboxylic acids is 1. The summed E-state index contributed by atoms with van der Waals surface area (Å²) in [5.74, 6) is 1.19. The molecule has 1 aliphatic rings. The largest absolute Gasteiger partial charge is 0.330 e. The van der Waals surface area contributed by atoms with Gasteiger partial charge in [0.05, 0.1) is 0 Å². The van der Waals surface area contributed by atoms with Gasteiger partial charge in [0.15, 0.2) is 0 Å². The molecular weight excluding hydrogens is 162 g/mol. The molecular formula is C11H21NO. The molecule has 0 aliphatic heterocycles. The van der Waals surface area contributed by atoms with E-state index in [1.807, 2.05) is 0 Å². The van der Waals surface area contributed by atoms with E-state index in [4.69, 9.17) is 5.73 Å². The van der Waals surface area contributed by atoms with E-state index in [2.05, 4.69) is 6.92 Å². The Kier molecular flexibility index (Phi) is 4.43. The van der Waals surface area contributed by atoms with Gasteiger partial charge in [-0.25, -0.2) is 0 Å². The highest BCUT2D eigenvalue weighted by Crippen LogP contribution is 2.26. The molecule has 0 amide bonds. The smallest absolute Gasteiger partial charge is 0.136 e. The number of Topliss-reactive ketones (excluding diaryl/α,β-unsaturated/α-hetero) is 1. The summed E-state index contributed by atoms with van der Waals surface area (Å²) in [6.45, 7) is 2.69. The maximum atomic E-state index is 11.7. The Bertz CT molecular complexity index is 161. The fraction of sp³-hybridized carbons (Fsp3) is 0.909. The van der Waals surface area contributed by atoms with Crippen LogP contribution in [0.3, 0.4) is 0 Å². The first-order valence-electron chi connectivity index (χ1n) is 5.46. The summed E-state index contributed by atoms with van der Waals surface area (Å²) < 4.78 is 0. The fourth-order valence-corrected chi connectivity index (χ4v) is 2.02. The van der Waals surface area contributed by atoms with Crippen LogP contribution in [0.1, 0.15) is 45.4 Å². The zero-order chi connectivity index (χ0) is 9.68. The van der Waals surface area contributed by atoms with Crippen LogP contribution >= 0.6 is 0 Å². The Morgan fingerprint density at radius 3 is 2.54 bits per heavy atom. The van der Waals surface area contributed by atoms with Gasteiger partial charge in [-0.2, -0.15) is 0 Å². The summed E-state index contributed by atoms with van der Waals surface area (Å²) in [7, 11) is 0. The molecule has 0 heterocycles. The molecule has 2 heteroatoms. The molecule has 1 saturated carbocycles. The van der Waals surface area contributed by atoms with Crippen molar-refractivity contribution >= 4 is 5.78 Å². The second kappa shape index (κ2) is 5.38. The fourth-order valence-electron chi connectivity index (χ4n) is 2.02. The lowest BCUT2D eigenvalue weighted by Crippen LogP contribution is -2.22. The molecule has 0 aromatic heterocycles. The van der Waals surface area contributed by atoms with Crippen LogP contribution in [-0.2, 0) is 4.79 Å². The summed E-state index contributed by atoms with van der Waals surface area (Å²) in [6.07, 6.45) is 6.74. The predicted molar refractivity (Wildman–Crippen MR) is 54.4 cm³/mol. The van der Waals surface area contributed by atoms with E-state index < -0.39 is 0 Å². The van der Waals surface area contributed by atoms with Crippen molar-refractivity contribution in [1.82, 2.24) is 0 Å². The van der Waals surface area contributed by atoms with Crippen LogP contribution in [0.4, 0.5) is 0 Å². The van der Waals surface area contributed by atoms with E-state index in [0.29, 0.717) is 30.6 Å². The number of rotatable bonds is 4. The number of nitrogens with two attached hydrogens (primary N) is 1. The lowest BCUT2D eigenvalue weighted by Gasteiger charge is -2.21. The topological polar surface area (TPSA) is 43.1 Å². The van der Waals surface area contributed by atoms with E-state index in [1.165, 1.54) is 19.3 Å². The Morgan fingerprint density at radius 2 is 2.00 bits per heavy atom. The Morgan fingerprint density at radius 1 is 1.38 bits per heavy atom. The van der Waals surface area contributed by atoms with Crippen LogP contribution in [0.25, 0.3) is 0 Å². The van der Waals surface area contributed by atoms with E-state index in [1.54, 1.807) is 0 Å². The highest BCUT2D eigenvalue weighted by molar-refractivity contribution is 5.81. The van der Waals surface area contributed by atoms with Crippen LogP contribution in [-0.4, -0.2) is 12.3 Å². The summed E-state index contributed by atoms with van der Waals surface area (Å²) in [4.78, 5) is 11.7. The van der Waals surface area contributed by atoms with Crippen molar-refractivity contribution in [3.8, 4) is 0 Å². The lowest BCUT2D eigenvalue weighted by atomic mass is 9.83. The molecule has 0 saturated heterocycles. The third kappa shape index (κ3) is 3.47. The molecule has 0 bridgehead atoms. The van der Waals surface area contributed by atoms with Crippen LogP contribution in [0.5, 0.6) is 0 Å². The molecule has 76 valence electrons. The zero-order valence-electron chi connectivity index (χ0n) is 8.59. The molecule has 1 aliphatic carbocycles. The summed E-state index contributed by atoms with van der Waals surface area (Å²) in [5, 5.41) is 0. The number of carbonyl (C=O) groups is 1. The number of hydrogen-bond acceptors (Lipinski definition) is 2.